The van der Waals surface area contributed by atoms with Crippen molar-refractivity contribution in [2.24, 2.45) is 10.5 Å². The minimum absolute atomic E-state index is 0.0776. The molecule has 1 saturated carbocycles. The smallest absolute Gasteiger partial charge is 0.248 e. The first-order valence-electron chi connectivity index (χ1n) is 5.24. The van der Waals surface area contributed by atoms with Crippen molar-refractivity contribution in [2.45, 2.75) is 23.5 Å². The van der Waals surface area contributed by atoms with E-state index in [0.29, 0.717) is 0 Å². The van der Waals surface area contributed by atoms with Crippen molar-refractivity contribution in [3.63, 3.8) is 0 Å². The molecule has 7 heteroatoms. The molecule has 1 fully saturated rings. The molecule has 0 saturated heterocycles. The van der Waals surface area contributed by atoms with Crippen LogP contribution in [0.2, 0.25) is 0 Å². The summed E-state index contributed by atoms with van der Waals surface area (Å²) in [4.78, 5) is 13.0. The highest BCUT2D eigenvalue weighted by Gasteiger charge is 2.66. The number of hydrogen-bond donors (Lipinski definition) is 1. The Bertz CT molecular complexity index is 526. The van der Waals surface area contributed by atoms with E-state index in [1.807, 2.05) is 26.0 Å². The first-order valence-corrected chi connectivity index (χ1v) is 8.44. The Labute approximate surface area is 135 Å². The van der Waals surface area contributed by atoms with Crippen molar-refractivity contribution >= 4 is 70.7 Å². The number of alkyl halides is 2. The van der Waals surface area contributed by atoms with Gasteiger partial charge >= 0.3 is 0 Å². The van der Waals surface area contributed by atoms with Crippen LogP contribution >= 0.6 is 59.1 Å². The number of carbonyl (C=O) groups excluding carboxylic acids is 1. The Morgan fingerprint density at radius 3 is 2.56 bits per heavy atom. The van der Waals surface area contributed by atoms with E-state index in [2.05, 4.69) is 58.3 Å². The predicted molar refractivity (Wildman–Crippen MR) is 85.7 cm³/mol. The fourth-order valence-corrected chi connectivity index (χ4v) is 4.28. The lowest BCUT2D eigenvalue weighted by Gasteiger charge is -2.10. The van der Waals surface area contributed by atoms with Crippen molar-refractivity contribution in [3.05, 3.63) is 20.8 Å². The third-order valence-corrected chi connectivity index (χ3v) is 7.06. The van der Waals surface area contributed by atoms with Gasteiger partial charge in [0.2, 0.25) is 5.91 Å². The maximum Gasteiger partial charge on any atom is 0.248 e. The molecule has 1 aromatic heterocycles. The highest BCUT2D eigenvalue weighted by molar-refractivity contribution is 9.25. The van der Waals surface area contributed by atoms with Crippen LogP contribution in [0, 0.1) is 5.41 Å². The molecule has 3 nitrogen and oxygen atoms in total. The fourth-order valence-electron chi connectivity index (χ4n) is 1.47. The zero-order valence-electron chi connectivity index (χ0n) is 9.76. The molecule has 2 rings (SSSR count). The van der Waals surface area contributed by atoms with Gasteiger partial charge in [-0.3, -0.25) is 4.79 Å². The molecule has 0 bridgehead atoms. The molecule has 1 atom stereocenters. The van der Waals surface area contributed by atoms with Crippen LogP contribution in [0.25, 0.3) is 0 Å². The summed E-state index contributed by atoms with van der Waals surface area (Å²) in [6, 6.07) is 3.93. The number of amides is 1. The molecule has 1 amide bonds. The minimum Gasteiger partial charge on any atom is -0.272 e. The quantitative estimate of drug-likeness (QED) is 0.410. The van der Waals surface area contributed by atoms with Gasteiger partial charge in [-0.1, -0.05) is 31.9 Å². The number of nitrogens with one attached hydrogen (secondary N) is 1. The van der Waals surface area contributed by atoms with E-state index in [4.69, 9.17) is 0 Å². The SMILES string of the molecule is C/C(=N/NC(=O)C1(C)CC1(Br)Br)c1ccc(Br)s1. The van der Waals surface area contributed by atoms with Gasteiger partial charge in [-0.25, -0.2) is 5.43 Å². The lowest BCUT2D eigenvalue weighted by Crippen LogP contribution is -2.30. The average molecular weight is 459 g/mol. The van der Waals surface area contributed by atoms with Gasteiger partial charge in [-0.2, -0.15) is 5.10 Å². The number of hydrazone groups is 1. The van der Waals surface area contributed by atoms with Gasteiger partial charge in [-0.05, 0) is 48.3 Å². The van der Waals surface area contributed by atoms with Crippen molar-refractivity contribution in [2.75, 3.05) is 0 Å². The second-order valence-corrected chi connectivity index (χ2v) is 10.7. The molecule has 1 aromatic rings. The van der Waals surface area contributed by atoms with Gasteiger partial charge in [0.05, 0.1) is 23.0 Å². The molecule has 1 aliphatic rings. The molecule has 18 heavy (non-hydrogen) atoms. The average Bonchev–Trinajstić information content (AvgIpc) is 2.63. The Kier molecular flexibility index (Phi) is 4.07. The number of halogens is 3. The van der Waals surface area contributed by atoms with Crippen LogP contribution in [-0.2, 0) is 4.79 Å². The van der Waals surface area contributed by atoms with Gasteiger partial charge in [0, 0.05) is 0 Å². The zero-order chi connectivity index (χ0) is 13.6. The monoisotopic (exact) mass is 456 g/mol. The first-order chi connectivity index (χ1) is 8.26. The Hall–Kier alpha value is 0.280. The summed E-state index contributed by atoms with van der Waals surface area (Å²) in [6.07, 6.45) is 0.755. The lowest BCUT2D eigenvalue weighted by molar-refractivity contribution is -0.125. The van der Waals surface area contributed by atoms with Crippen molar-refractivity contribution in [3.8, 4) is 0 Å². The molecule has 0 spiro atoms. The predicted octanol–water partition coefficient (Wildman–Crippen LogP) is 4.25. The van der Waals surface area contributed by atoms with Gasteiger partial charge in [0.15, 0.2) is 0 Å². The second kappa shape index (κ2) is 5.00. The Balaban J connectivity index is 2.02. The summed E-state index contributed by atoms with van der Waals surface area (Å²) in [6.45, 7) is 3.78. The van der Waals surface area contributed by atoms with E-state index < -0.39 is 5.41 Å². The van der Waals surface area contributed by atoms with E-state index >= 15 is 0 Å². The number of thiophene rings is 1. The van der Waals surface area contributed by atoms with Crippen molar-refractivity contribution in [1.82, 2.24) is 5.43 Å². The van der Waals surface area contributed by atoms with Crippen LogP contribution in [0.4, 0.5) is 0 Å². The van der Waals surface area contributed by atoms with Gasteiger partial charge in [0.25, 0.3) is 0 Å². The summed E-state index contributed by atoms with van der Waals surface area (Å²) in [5.41, 5.74) is 2.99. The van der Waals surface area contributed by atoms with Crippen LogP contribution in [0.5, 0.6) is 0 Å². The highest BCUT2D eigenvalue weighted by atomic mass is 79.9. The number of nitrogens with zero attached hydrogens (tertiary/aromatic N) is 1. The fraction of sp³-hybridized carbons (Fsp3) is 0.455. The first kappa shape index (κ1) is 14.7. The van der Waals surface area contributed by atoms with Crippen LogP contribution < -0.4 is 5.43 Å². The molecule has 1 heterocycles. The molecule has 1 N–H and O–H groups in total. The van der Waals surface area contributed by atoms with Gasteiger partial charge in [-0.15, -0.1) is 11.3 Å². The maximum atomic E-state index is 12.0. The van der Waals surface area contributed by atoms with E-state index in [0.717, 1.165) is 20.8 Å². The largest absolute Gasteiger partial charge is 0.272 e. The summed E-state index contributed by atoms with van der Waals surface area (Å²) >= 11 is 11.9. The molecule has 98 valence electrons. The second-order valence-electron chi connectivity index (χ2n) is 4.46. The zero-order valence-corrected chi connectivity index (χ0v) is 15.3. The van der Waals surface area contributed by atoms with Gasteiger partial charge < -0.3 is 0 Å². The third kappa shape index (κ3) is 2.73. The molecule has 0 aromatic carbocycles. The number of rotatable bonds is 3. The molecule has 1 aliphatic carbocycles. The van der Waals surface area contributed by atoms with E-state index in [-0.39, 0.29) is 9.14 Å². The van der Waals surface area contributed by atoms with E-state index in [9.17, 15) is 4.79 Å². The van der Waals surface area contributed by atoms with Crippen LogP contribution in [0.3, 0.4) is 0 Å². The number of carbonyl (C=O) groups is 1. The van der Waals surface area contributed by atoms with Crippen molar-refractivity contribution < 1.29 is 4.79 Å². The summed E-state index contributed by atoms with van der Waals surface area (Å²) in [5.74, 6) is -0.0776. The summed E-state index contributed by atoms with van der Waals surface area (Å²) in [7, 11) is 0. The molecule has 0 radical (unpaired) electrons. The lowest BCUT2D eigenvalue weighted by atomic mass is 10.1. The maximum absolute atomic E-state index is 12.0. The highest BCUT2D eigenvalue weighted by Crippen LogP contribution is 2.66. The molecular weight excluding hydrogens is 448 g/mol. The van der Waals surface area contributed by atoms with Crippen LogP contribution in [0.15, 0.2) is 21.0 Å². The molecular formula is C11H11Br3N2OS. The molecule has 0 aliphatic heterocycles. The Morgan fingerprint density at radius 2 is 2.11 bits per heavy atom. The van der Waals surface area contributed by atoms with Crippen LogP contribution in [0.1, 0.15) is 25.1 Å². The minimum atomic E-state index is -0.438. The summed E-state index contributed by atoms with van der Waals surface area (Å²) < 4.78 is 0.763. The third-order valence-electron chi connectivity index (χ3n) is 3.01. The Morgan fingerprint density at radius 1 is 1.50 bits per heavy atom. The standard InChI is InChI=1S/C11H11Br3N2OS/c1-6(7-3-4-8(12)18-7)15-16-9(17)10(2)5-11(10,13)14/h3-4H,5H2,1-2H3,(H,16,17)/b15-6-. The van der Waals surface area contributed by atoms with E-state index in [1.165, 1.54) is 0 Å². The summed E-state index contributed by atoms with van der Waals surface area (Å²) in [5, 5.41) is 4.14. The topological polar surface area (TPSA) is 41.5 Å². The van der Waals surface area contributed by atoms with Crippen LogP contribution in [-0.4, -0.2) is 14.9 Å². The van der Waals surface area contributed by atoms with Crippen molar-refractivity contribution in [1.29, 1.82) is 0 Å². The van der Waals surface area contributed by atoms with Gasteiger partial charge in [0.1, 0.15) is 0 Å². The normalized spacial score (nSPS) is 25.9. The van der Waals surface area contributed by atoms with E-state index in [1.54, 1.807) is 11.3 Å². The molecule has 1 unspecified atom stereocenters. The number of hydrogen-bond acceptors (Lipinski definition) is 3.